The zero-order chi connectivity index (χ0) is 13.9. The number of benzene rings is 1. The molecule has 0 fully saturated rings. The number of aliphatic hydroxyl groups excluding tert-OH is 1. The molecular formula is C13H17FO4. The fraction of sp³-hybridized carbons (Fsp3) is 0.462. The average molecular weight is 256 g/mol. The van der Waals surface area contributed by atoms with E-state index in [0.29, 0.717) is 5.56 Å². The van der Waals surface area contributed by atoms with Gasteiger partial charge in [0.1, 0.15) is 5.56 Å². The molecule has 0 saturated carbocycles. The first-order chi connectivity index (χ1) is 8.37. The molecule has 0 saturated heterocycles. The Hall–Kier alpha value is -1.62. The van der Waals surface area contributed by atoms with Crippen LogP contribution in [-0.4, -0.2) is 31.9 Å². The number of esters is 1. The van der Waals surface area contributed by atoms with Crippen LogP contribution in [0.15, 0.2) is 12.1 Å². The van der Waals surface area contributed by atoms with Gasteiger partial charge in [0.25, 0.3) is 0 Å². The molecule has 0 radical (unpaired) electrons. The molecule has 1 aromatic rings. The third-order valence-electron chi connectivity index (χ3n) is 2.83. The van der Waals surface area contributed by atoms with E-state index in [1.54, 1.807) is 13.8 Å². The van der Waals surface area contributed by atoms with Crippen molar-refractivity contribution in [3.8, 4) is 5.75 Å². The van der Waals surface area contributed by atoms with Gasteiger partial charge >= 0.3 is 5.97 Å². The van der Waals surface area contributed by atoms with Crippen molar-refractivity contribution in [1.82, 2.24) is 0 Å². The van der Waals surface area contributed by atoms with E-state index in [1.807, 2.05) is 0 Å². The van der Waals surface area contributed by atoms with E-state index in [4.69, 9.17) is 4.74 Å². The normalized spacial score (nSPS) is 11.2. The van der Waals surface area contributed by atoms with Crippen LogP contribution < -0.4 is 4.74 Å². The van der Waals surface area contributed by atoms with Crippen molar-refractivity contribution >= 4 is 5.97 Å². The van der Waals surface area contributed by atoms with Gasteiger partial charge in [0.05, 0.1) is 20.8 Å². The molecule has 0 aliphatic carbocycles. The average Bonchev–Trinajstić information content (AvgIpc) is 2.36. The second-order valence-corrected chi connectivity index (χ2v) is 4.57. The van der Waals surface area contributed by atoms with E-state index in [1.165, 1.54) is 26.4 Å². The van der Waals surface area contributed by atoms with E-state index in [9.17, 15) is 14.3 Å². The summed E-state index contributed by atoms with van der Waals surface area (Å²) in [6, 6.07) is 2.73. The first kappa shape index (κ1) is 14.4. The zero-order valence-electron chi connectivity index (χ0n) is 10.9. The van der Waals surface area contributed by atoms with Crippen molar-refractivity contribution in [2.24, 2.45) is 0 Å². The van der Waals surface area contributed by atoms with Crippen LogP contribution in [0.25, 0.3) is 0 Å². The Morgan fingerprint density at radius 3 is 2.44 bits per heavy atom. The van der Waals surface area contributed by atoms with Crippen LogP contribution in [0.4, 0.5) is 4.39 Å². The van der Waals surface area contributed by atoms with Gasteiger partial charge in [0, 0.05) is 5.41 Å². The SMILES string of the molecule is COC(=O)c1cc(C(C)(C)CO)cc(F)c1OC. The van der Waals surface area contributed by atoms with Crippen LogP contribution >= 0.6 is 0 Å². The van der Waals surface area contributed by atoms with Crippen molar-refractivity contribution < 1.29 is 23.8 Å². The summed E-state index contributed by atoms with van der Waals surface area (Å²) < 4.78 is 23.3. The molecule has 0 spiro atoms. The topological polar surface area (TPSA) is 55.8 Å². The third kappa shape index (κ3) is 2.61. The number of aliphatic hydroxyl groups is 1. The molecule has 0 aromatic heterocycles. The predicted octanol–water partition coefficient (Wildman–Crippen LogP) is 1.89. The molecule has 0 bridgehead atoms. The predicted molar refractivity (Wildman–Crippen MR) is 64.4 cm³/mol. The Morgan fingerprint density at radius 2 is 2.00 bits per heavy atom. The second-order valence-electron chi connectivity index (χ2n) is 4.57. The van der Waals surface area contributed by atoms with E-state index < -0.39 is 17.2 Å². The van der Waals surface area contributed by atoms with Crippen LogP contribution in [0.2, 0.25) is 0 Å². The second kappa shape index (κ2) is 5.35. The maximum absolute atomic E-state index is 13.9. The van der Waals surface area contributed by atoms with Gasteiger partial charge in [-0.25, -0.2) is 9.18 Å². The minimum absolute atomic E-state index is 0.0107. The molecule has 0 atom stereocenters. The highest BCUT2D eigenvalue weighted by molar-refractivity contribution is 5.92. The molecular weight excluding hydrogens is 239 g/mol. The van der Waals surface area contributed by atoms with Gasteiger partial charge in [-0.15, -0.1) is 0 Å². The number of hydrogen-bond donors (Lipinski definition) is 1. The van der Waals surface area contributed by atoms with Crippen LogP contribution in [0.1, 0.15) is 29.8 Å². The largest absolute Gasteiger partial charge is 0.493 e. The van der Waals surface area contributed by atoms with Crippen LogP contribution in [0.5, 0.6) is 5.75 Å². The van der Waals surface area contributed by atoms with Crippen molar-refractivity contribution in [2.45, 2.75) is 19.3 Å². The zero-order valence-corrected chi connectivity index (χ0v) is 10.9. The Labute approximate surface area is 105 Å². The number of rotatable bonds is 4. The molecule has 0 unspecified atom stereocenters. The summed E-state index contributed by atoms with van der Waals surface area (Å²) >= 11 is 0. The number of hydrogen-bond acceptors (Lipinski definition) is 4. The monoisotopic (exact) mass is 256 g/mol. The Kier molecular flexibility index (Phi) is 4.29. The fourth-order valence-corrected chi connectivity index (χ4v) is 1.54. The minimum Gasteiger partial charge on any atom is -0.493 e. The molecule has 18 heavy (non-hydrogen) atoms. The van der Waals surface area contributed by atoms with Gasteiger partial charge in [-0.05, 0) is 17.7 Å². The summed E-state index contributed by atoms with van der Waals surface area (Å²) in [6.07, 6.45) is 0. The number of carbonyl (C=O) groups is 1. The lowest BCUT2D eigenvalue weighted by molar-refractivity contribution is 0.0595. The molecule has 0 aliphatic heterocycles. The Bertz CT molecular complexity index is 455. The summed E-state index contributed by atoms with van der Waals surface area (Å²) in [5.41, 5.74) is -0.143. The first-order valence-electron chi connectivity index (χ1n) is 5.44. The third-order valence-corrected chi connectivity index (χ3v) is 2.83. The fourth-order valence-electron chi connectivity index (χ4n) is 1.54. The van der Waals surface area contributed by atoms with Gasteiger partial charge < -0.3 is 14.6 Å². The molecule has 4 nitrogen and oxygen atoms in total. The van der Waals surface area contributed by atoms with Crippen molar-refractivity contribution in [3.63, 3.8) is 0 Å². The van der Waals surface area contributed by atoms with Crippen LogP contribution in [0, 0.1) is 5.82 Å². The number of methoxy groups -OCH3 is 2. The van der Waals surface area contributed by atoms with Gasteiger partial charge in [-0.3, -0.25) is 0 Å². The summed E-state index contributed by atoms with van der Waals surface area (Å²) in [7, 11) is 2.49. The standard InChI is InChI=1S/C13H17FO4/c1-13(2,7-15)8-5-9(12(16)18-4)11(17-3)10(14)6-8/h5-6,15H,7H2,1-4H3. The number of ether oxygens (including phenoxy) is 2. The number of carbonyl (C=O) groups excluding carboxylic acids is 1. The lowest BCUT2D eigenvalue weighted by Crippen LogP contribution is -2.23. The minimum atomic E-state index is -0.679. The van der Waals surface area contributed by atoms with Crippen LogP contribution in [-0.2, 0) is 10.2 Å². The lowest BCUT2D eigenvalue weighted by Gasteiger charge is -2.23. The van der Waals surface area contributed by atoms with E-state index in [0.717, 1.165) is 0 Å². The molecule has 0 amide bonds. The maximum Gasteiger partial charge on any atom is 0.341 e. The van der Waals surface area contributed by atoms with Gasteiger partial charge in [-0.2, -0.15) is 0 Å². The summed E-state index contributed by atoms with van der Waals surface area (Å²) in [5, 5.41) is 9.28. The van der Waals surface area contributed by atoms with Crippen molar-refractivity contribution in [2.75, 3.05) is 20.8 Å². The van der Waals surface area contributed by atoms with Gasteiger partial charge in [0.15, 0.2) is 11.6 Å². The highest BCUT2D eigenvalue weighted by Gasteiger charge is 2.25. The lowest BCUT2D eigenvalue weighted by atomic mass is 9.84. The Morgan fingerprint density at radius 1 is 1.39 bits per heavy atom. The summed E-state index contributed by atoms with van der Waals surface area (Å²) in [5.74, 6) is -1.49. The quantitative estimate of drug-likeness (QED) is 0.836. The first-order valence-corrected chi connectivity index (χ1v) is 5.44. The van der Waals surface area contributed by atoms with E-state index >= 15 is 0 Å². The van der Waals surface area contributed by atoms with Gasteiger partial charge in [-0.1, -0.05) is 13.8 Å². The van der Waals surface area contributed by atoms with Crippen molar-refractivity contribution in [1.29, 1.82) is 0 Å². The molecule has 5 heteroatoms. The maximum atomic E-state index is 13.9. The number of halogens is 1. The van der Waals surface area contributed by atoms with Crippen molar-refractivity contribution in [3.05, 3.63) is 29.1 Å². The highest BCUT2D eigenvalue weighted by atomic mass is 19.1. The van der Waals surface area contributed by atoms with Gasteiger partial charge in [0.2, 0.25) is 0 Å². The molecule has 0 aliphatic rings. The Balaban J connectivity index is 3.44. The smallest absolute Gasteiger partial charge is 0.341 e. The molecule has 1 N–H and O–H groups in total. The molecule has 1 rings (SSSR count). The molecule has 1 aromatic carbocycles. The summed E-state index contributed by atoms with van der Waals surface area (Å²) in [6.45, 7) is 3.32. The van der Waals surface area contributed by atoms with E-state index in [2.05, 4.69) is 4.74 Å². The summed E-state index contributed by atoms with van der Waals surface area (Å²) in [4.78, 5) is 11.6. The van der Waals surface area contributed by atoms with Crippen LogP contribution in [0.3, 0.4) is 0 Å². The highest BCUT2D eigenvalue weighted by Crippen LogP contribution is 2.31. The molecule has 0 heterocycles. The van der Waals surface area contributed by atoms with E-state index in [-0.39, 0.29) is 17.9 Å². The molecule has 100 valence electrons.